The van der Waals surface area contributed by atoms with E-state index in [1.807, 2.05) is 31.2 Å². The average molecular weight is 275 g/mol. The van der Waals surface area contributed by atoms with Gasteiger partial charge in [0.05, 0.1) is 10.6 Å². The van der Waals surface area contributed by atoms with Crippen LogP contribution in [0.1, 0.15) is 17.5 Å². The Labute approximate surface area is 114 Å². The molecule has 4 heteroatoms. The van der Waals surface area contributed by atoms with E-state index in [0.29, 0.717) is 11.3 Å². The highest BCUT2D eigenvalue weighted by Crippen LogP contribution is 2.14. The lowest BCUT2D eigenvalue weighted by Gasteiger charge is -2.05. The lowest BCUT2D eigenvalue weighted by Crippen LogP contribution is -2.07. The predicted molar refractivity (Wildman–Crippen MR) is 75.8 cm³/mol. The van der Waals surface area contributed by atoms with Gasteiger partial charge < -0.3 is 0 Å². The van der Waals surface area contributed by atoms with Gasteiger partial charge in [-0.3, -0.25) is 4.98 Å². The minimum Gasteiger partial charge on any atom is -0.265 e. The van der Waals surface area contributed by atoms with E-state index in [2.05, 4.69) is 4.98 Å². The smallest absolute Gasteiger partial charge is 0.178 e. The van der Waals surface area contributed by atoms with Crippen molar-refractivity contribution in [3.8, 4) is 0 Å². The maximum absolute atomic E-state index is 12.1. The molecule has 0 bridgehead atoms. The van der Waals surface area contributed by atoms with E-state index in [1.165, 1.54) is 0 Å². The lowest BCUT2D eigenvalue weighted by molar-refractivity contribution is 0.593. The molecule has 1 aromatic heterocycles. The summed E-state index contributed by atoms with van der Waals surface area (Å²) in [5.41, 5.74) is 2.19. The zero-order valence-electron chi connectivity index (χ0n) is 10.9. The number of benzene rings is 1. The van der Waals surface area contributed by atoms with E-state index in [9.17, 15) is 8.42 Å². The van der Waals surface area contributed by atoms with Gasteiger partial charge in [0.25, 0.3) is 0 Å². The topological polar surface area (TPSA) is 47.0 Å². The second-order valence-corrected chi connectivity index (χ2v) is 6.70. The van der Waals surface area contributed by atoms with Crippen LogP contribution < -0.4 is 0 Å². The highest BCUT2D eigenvalue weighted by atomic mass is 32.2. The molecule has 0 amide bonds. The normalized spacial score (nSPS) is 11.4. The fourth-order valence-corrected chi connectivity index (χ4v) is 3.19. The van der Waals surface area contributed by atoms with Gasteiger partial charge in [-0.2, -0.15) is 0 Å². The van der Waals surface area contributed by atoms with E-state index in [0.717, 1.165) is 17.5 Å². The van der Waals surface area contributed by atoms with Crippen molar-refractivity contribution < 1.29 is 8.42 Å². The number of sulfone groups is 1. The zero-order chi connectivity index (χ0) is 13.7. The van der Waals surface area contributed by atoms with Crippen LogP contribution in [0.3, 0.4) is 0 Å². The Morgan fingerprint density at radius 2 is 1.63 bits per heavy atom. The SMILES string of the molecule is Cc1ccc(S(=O)(=O)CCCc2ccncc2)cc1. The van der Waals surface area contributed by atoms with E-state index in [1.54, 1.807) is 24.5 Å². The van der Waals surface area contributed by atoms with Crippen LogP contribution >= 0.6 is 0 Å². The van der Waals surface area contributed by atoms with Gasteiger partial charge >= 0.3 is 0 Å². The summed E-state index contributed by atoms with van der Waals surface area (Å²) in [4.78, 5) is 4.35. The Morgan fingerprint density at radius 3 is 2.26 bits per heavy atom. The molecule has 0 aliphatic rings. The van der Waals surface area contributed by atoms with E-state index >= 15 is 0 Å². The molecule has 2 aromatic rings. The molecule has 1 aromatic carbocycles. The molecule has 0 atom stereocenters. The molecule has 19 heavy (non-hydrogen) atoms. The Kier molecular flexibility index (Phi) is 4.32. The molecule has 100 valence electrons. The Bertz CT molecular complexity index is 619. The molecular formula is C15H17NO2S. The summed E-state index contributed by atoms with van der Waals surface area (Å²) in [6, 6.07) is 10.8. The first-order chi connectivity index (χ1) is 9.08. The number of pyridine rings is 1. The van der Waals surface area contributed by atoms with E-state index in [4.69, 9.17) is 0 Å². The summed E-state index contributed by atoms with van der Waals surface area (Å²) in [5.74, 6) is 0.179. The summed E-state index contributed by atoms with van der Waals surface area (Å²) < 4.78 is 24.2. The van der Waals surface area contributed by atoms with Gasteiger partial charge in [0.2, 0.25) is 0 Å². The van der Waals surface area contributed by atoms with Gasteiger partial charge in [0, 0.05) is 12.4 Å². The van der Waals surface area contributed by atoms with Crippen LogP contribution in [0.5, 0.6) is 0 Å². The summed E-state index contributed by atoms with van der Waals surface area (Å²) in [5, 5.41) is 0. The molecule has 0 radical (unpaired) electrons. The van der Waals surface area contributed by atoms with Crippen LogP contribution in [0, 0.1) is 6.92 Å². The molecule has 0 aliphatic heterocycles. The number of nitrogens with zero attached hydrogens (tertiary/aromatic N) is 1. The van der Waals surface area contributed by atoms with Crippen molar-refractivity contribution in [2.24, 2.45) is 0 Å². The standard InChI is InChI=1S/C15H17NO2S/c1-13-4-6-15(7-5-13)19(17,18)12-2-3-14-8-10-16-11-9-14/h4-11H,2-3,12H2,1H3. The van der Waals surface area contributed by atoms with Gasteiger partial charge in [-0.15, -0.1) is 0 Å². The molecule has 1 heterocycles. The molecule has 0 N–H and O–H groups in total. The molecule has 0 unspecified atom stereocenters. The number of hydrogen-bond donors (Lipinski definition) is 0. The fraction of sp³-hybridized carbons (Fsp3) is 0.267. The Morgan fingerprint density at radius 1 is 1.00 bits per heavy atom. The fourth-order valence-electron chi connectivity index (χ4n) is 1.88. The molecule has 0 fully saturated rings. The molecule has 0 spiro atoms. The van der Waals surface area contributed by atoms with Gasteiger partial charge in [-0.1, -0.05) is 17.7 Å². The van der Waals surface area contributed by atoms with Crippen molar-refractivity contribution in [3.63, 3.8) is 0 Å². The third kappa shape index (κ3) is 3.89. The van der Waals surface area contributed by atoms with Crippen LogP contribution in [0.25, 0.3) is 0 Å². The number of aromatic nitrogens is 1. The van der Waals surface area contributed by atoms with E-state index < -0.39 is 9.84 Å². The summed E-state index contributed by atoms with van der Waals surface area (Å²) in [7, 11) is -3.16. The first-order valence-corrected chi connectivity index (χ1v) is 7.91. The second-order valence-electron chi connectivity index (χ2n) is 4.59. The van der Waals surface area contributed by atoms with Crippen molar-refractivity contribution >= 4 is 9.84 Å². The Hall–Kier alpha value is -1.68. The lowest BCUT2D eigenvalue weighted by atomic mass is 10.2. The predicted octanol–water partition coefficient (Wildman–Crippen LogP) is 2.80. The maximum atomic E-state index is 12.1. The van der Waals surface area contributed by atoms with Gasteiger partial charge in [-0.05, 0) is 49.6 Å². The quantitative estimate of drug-likeness (QED) is 0.843. The zero-order valence-corrected chi connectivity index (χ0v) is 11.7. The van der Waals surface area contributed by atoms with Gasteiger partial charge in [0.15, 0.2) is 9.84 Å². The summed E-state index contributed by atoms with van der Waals surface area (Å²) >= 11 is 0. The van der Waals surface area contributed by atoms with Crippen LogP contribution in [0.2, 0.25) is 0 Å². The Balaban J connectivity index is 1.97. The first kappa shape index (κ1) is 13.7. The van der Waals surface area contributed by atoms with Gasteiger partial charge in [-0.25, -0.2) is 8.42 Å². The molecule has 2 rings (SSSR count). The monoisotopic (exact) mass is 275 g/mol. The highest BCUT2D eigenvalue weighted by Gasteiger charge is 2.13. The minimum atomic E-state index is -3.16. The van der Waals surface area contributed by atoms with Crippen molar-refractivity contribution in [3.05, 3.63) is 59.9 Å². The largest absolute Gasteiger partial charge is 0.265 e. The minimum absolute atomic E-state index is 0.179. The van der Waals surface area contributed by atoms with Crippen molar-refractivity contribution in [2.45, 2.75) is 24.7 Å². The number of rotatable bonds is 5. The third-order valence-electron chi connectivity index (χ3n) is 3.01. The van der Waals surface area contributed by atoms with Crippen molar-refractivity contribution in [2.75, 3.05) is 5.75 Å². The maximum Gasteiger partial charge on any atom is 0.178 e. The average Bonchev–Trinajstić information content (AvgIpc) is 2.40. The molecule has 0 aliphatic carbocycles. The number of aryl methyl sites for hydroxylation is 2. The molecule has 3 nitrogen and oxygen atoms in total. The summed E-state index contributed by atoms with van der Waals surface area (Å²) in [6.07, 6.45) is 4.83. The van der Waals surface area contributed by atoms with Crippen LogP contribution in [0.15, 0.2) is 53.7 Å². The molecular weight excluding hydrogens is 258 g/mol. The summed E-state index contributed by atoms with van der Waals surface area (Å²) in [6.45, 7) is 1.94. The highest BCUT2D eigenvalue weighted by molar-refractivity contribution is 7.91. The molecule has 0 saturated heterocycles. The van der Waals surface area contributed by atoms with Crippen LogP contribution in [-0.2, 0) is 16.3 Å². The van der Waals surface area contributed by atoms with Crippen molar-refractivity contribution in [1.29, 1.82) is 0 Å². The third-order valence-corrected chi connectivity index (χ3v) is 4.82. The second kappa shape index (κ2) is 5.97. The van der Waals surface area contributed by atoms with Gasteiger partial charge in [0.1, 0.15) is 0 Å². The van der Waals surface area contributed by atoms with Crippen LogP contribution in [0.4, 0.5) is 0 Å². The number of hydrogen-bond acceptors (Lipinski definition) is 3. The van der Waals surface area contributed by atoms with Crippen LogP contribution in [-0.4, -0.2) is 19.2 Å². The van der Waals surface area contributed by atoms with E-state index in [-0.39, 0.29) is 5.75 Å². The molecule has 0 saturated carbocycles. The first-order valence-electron chi connectivity index (χ1n) is 6.26. The van der Waals surface area contributed by atoms with Crippen molar-refractivity contribution in [1.82, 2.24) is 4.98 Å².